The average Bonchev–Trinajstić information content (AvgIpc) is 2.16. The van der Waals surface area contributed by atoms with Gasteiger partial charge in [-0.15, -0.1) is 0 Å². The molecule has 0 amide bonds. The normalized spacial score (nSPS) is 11.9. The Balaban J connectivity index is 2.79. The highest BCUT2D eigenvalue weighted by Crippen LogP contribution is 2.20. The number of hydrogen-bond acceptors (Lipinski definition) is 2. The van der Waals surface area contributed by atoms with Gasteiger partial charge in [0.2, 0.25) is 0 Å². The Morgan fingerprint density at radius 2 is 1.67 bits per heavy atom. The monoisotopic (exact) mass is 239 g/mol. The Hall–Kier alpha value is -0.586. The number of benzene rings is 1. The summed E-state index contributed by atoms with van der Waals surface area (Å²) in [4.78, 5) is 0. The maximum atomic E-state index is 6.16. The lowest BCUT2D eigenvalue weighted by Gasteiger charge is -2.36. The number of rotatable bonds is 4. The smallest absolute Gasteiger partial charge is 0.283 e. The van der Waals surface area contributed by atoms with Crippen LogP contribution in [0.5, 0.6) is 0 Å². The Kier molecular flexibility index (Phi) is 4.13. The molecule has 0 aliphatic rings. The zero-order valence-electron chi connectivity index (χ0n) is 10.3. The molecule has 15 heavy (non-hydrogen) atoms. The minimum Gasteiger partial charge on any atom is -0.443 e. The maximum Gasteiger partial charge on any atom is 0.283 e. The molecule has 0 aliphatic carbocycles. The summed E-state index contributed by atoms with van der Waals surface area (Å²) >= 11 is 0. The van der Waals surface area contributed by atoms with Crippen molar-refractivity contribution in [3.05, 3.63) is 30.3 Å². The van der Waals surface area contributed by atoms with Gasteiger partial charge < -0.3 is 8.68 Å². The van der Waals surface area contributed by atoms with Gasteiger partial charge in [-0.05, 0) is 45.4 Å². The first-order chi connectivity index (χ1) is 6.93. The van der Waals surface area contributed by atoms with Gasteiger partial charge in [0.05, 0.1) is 0 Å². The van der Waals surface area contributed by atoms with Gasteiger partial charge in [0.1, 0.15) is 0 Å². The second-order valence-electron chi connectivity index (χ2n) is 4.51. The minimum atomic E-state index is -1.72. The van der Waals surface area contributed by atoms with Crippen molar-refractivity contribution in [3.63, 3.8) is 0 Å². The molecule has 1 rings (SSSR count). The molecule has 0 bridgehead atoms. The van der Waals surface area contributed by atoms with Gasteiger partial charge in [-0.25, -0.2) is 0 Å². The van der Waals surface area contributed by atoms with E-state index in [9.17, 15) is 0 Å². The van der Waals surface area contributed by atoms with Crippen LogP contribution >= 0.6 is 0 Å². The molecule has 2 nitrogen and oxygen atoms in total. The van der Waals surface area contributed by atoms with Crippen LogP contribution in [-0.4, -0.2) is 24.6 Å². The van der Waals surface area contributed by atoms with E-state index < -0.39 is 17.5 Å². The van der Waals surface area contributed by atoms with E-state index in [2.05, 4.69) is 62.1 Å². The molecular weight excluding hydrogens is 218 g/mol. The van der Waals surface area contributed by atoms with Gasteiger partial charge in [0.25, 0.3) is 8.48 Å². The van der Waals surface area contributed by atoms with Crippen molar-refractivity contribution in [1.82, 2.24) is 0 Å². The molecule has 0 fully saturated rings. The molecule has 1 aromatic carbocycles. The number of hydrogen-bond donors (Lipinski definition) is 0. The van der Waals surface area contributed by atoms with Crippen molar-refractivity contribution in [3.8, 4) is 0 Å². The lowest BCUT2D eigenvalue weighted by molar-refractivity contribution is 0.569. The second-order valence-corrected chi connectivity index (χ2v) is 11.1. The van der Waals surface area contributed by atoms with Crippen molar-refractivity contribution in [2.24, 2.45) is 0 Å². The van der Waals surface area contributed by atoms with Crippen LogP contribution in [0.15, 0.2) is 30.3 Å². The summed E-state index contributed by atoms with van der Waals surface area (Å²) in [6.45, 7) is 8.97. The predicted molar refractivity (Wildman–Crippen MR) is 72.3 cm³/mol. The molecule has 1 aromatic rings. The molecule has 4 heteroatoms. The first kappa shape index (κ1) is 12.5. The first-order valence-electron chi connectivity index (χ1n) is 5.40. The van der Waals surface area contributed by atoms with Gasteiger partial charge in [0, 0.05) is 5.69 Å². The van der Waals surface area contributed by atoms with Crippen LogP contribution in [0.25, 0.3) is 0 Å². The van der Waals surface area contributed by atoms with Crippen molar-refractivity contribution in [1.29, 1.82) is 0 Å². The van der Waals surface area contributed by atoms with Crippen molar-refractivity contribution >= 4 is 23.2 Å². The molecule has 84 valence electrons. The molecule has 0 saturated carbocycles. The summed E-state index contributed by atoms with van der Waals surface area (Å²) in [5, 5.41) is 0. The fourth-order valence-corrected chi connectivity index (χ4v) is 7.64. The zero-order chi connectivity index (χ0) is 11.5. The predicted octanol–water partition coefficient (Wildman–Crippen LogP) is 2.82. The third-order valence-electron chi connectivity index (χ3n) is 2.48. The van der Waals surface area contributed by atoms with E-state index in [1.165, 1.54) is 5.69 Å². The fraction of sp³-hybridized carbons (Fsp3) is 0.455. The summed E-state index contributed by atoms with van der Waals surface area (Å²) in [5.74, 6) is 0. The van der Waals surface area contributed by atoms with E-state index in [-0.39, 0.29) is 0 Å². The standard InChI is InChI=1S/C11H21NOSi2/c1-12(11-9-7-6-8-10-11)15(4,5)13-14(2)3/h6-10,14H,1-5H3. The number of para-hydroxylation sites is 1. The molecule has 0 aromatic heterocycles. The third-order valence-corrected chi connectivity index (χ3v) is 8.54. The topological polar surface area (TPSA) is 12.5 Å². The minimum absolute atomic E-state index is 0.955. The summed E-state index contributed by atoms with van der Waals surface area (Å²) in [6, 6.07) is 10.5. The van der Waals surface area contributed by atoms with E-state index in [4.69, 9.17) is 4.12 Å². The van der Waals surface area contributed by atoms with E-state index in [1.54, 1.807) is 0 Å². The molecule has 0 radical (unpaired) electrons. The Morgan fingerprint density at radius 1 is 1.13 bits per heavy atom. The number of anilines is 1. The summed E-state index contributed by atoms with van der Waals surface area (Å²) in [5.41, 5.74) is 1.25. The zero-order valence-corrected chi connectivity index (χ0v) is 12.5. The Morgan fingerprint density at radius 3 is 2.13 bits per heavy atom. The van der Waals surface area contributed by atoms with Crippen LogP contribution < -0.4 is 4.57 Å². The lowest BCUT2D eigenvalue weighted by atomic mass is 10.3. The number of nitrogens with zero attached hydrogens (tertiary/aromatic N) is 1. The van der Waals surface area contributed by atoms with Crippen molar-refractivity contribution in [2.45, 2.75) is 26.2 Å². The molecule has 0 aliphatic heterocycles. The molecule has 0 atom stereocenters. The van der Waals surface area contributed by atoms with Crippen LogP contribution in [0.1, 0.15) is 0 Å². The summed E-state index contributed by atoms with van der Waals surface area (Å²) < 4.78 is 8.48. The van der Waals surface area contributed by atoms with Gasteiger partial charge in [-0.1, -0.05) is 18.2 Å². The van der Waals surface area contributed by atoms with Crippen molar-refractivity contribution < 1.29 is 4.12 Å². The first-order valence-corrected chi connectivity index (χ1v) is 11.0. The quantitative estimate of drug-likeness (QED) is 0.749. The highest BCUT2D eigenvalue weighted by atomic mass is 28.4. The van der Waals surface area contributed by atoms with E-state index in [0.717, 1.165) is 0 Å². The Labute approximate surface area is 95.8 Å². The largest absolute Gasteiger partial charge is 0.443 e. The third kappa shape index (κ3) is 3.48. The van der Waals surface area contributed by atoms with Crippen LogP contribution in [0.3, 0.4) is 0 Å². The molecule has 0 saturated heterocycles. The van der Waals surface area contributed by atoms with E-state index >= 15 is 0 Å². The van der Waals surface area contributed by atoms with E-state index in [1.807, 2.05) is 6.07 Å². The highest BCUT2D eigenvalue weighted by molar-refractivity contribution is 6.80. The van der Waals surface area contributed by atoms with Crippen LogP contribution in [0, 0.1) is 0 Å². The van der Waals surface area contributed by atoms with Crippen LogP contribution in [-0.2, 0) is 4.12 Å². The summed E-state index contributed by atoms with van der Waals surface area (Å²) in [7, 11) is -0.533. The van der Waals surface area contributed by atoms with Gasteiger partial charge >= 0.3 is 0 Å². The molecular formula is C11H21NOSi2. The van der Waals surface area contributed by atoms with Gasteiger partial charge in [0.15, 0.2) is 9.04 Å². The van der Waals surface area contributed by atoms with Crippen LogP contribution in [0.2, 0.25) is 26.2 Å². The molecule has 0 spiro atoms. The molecule has 0 unspecified atom stereocenters. The average molecular weight is 239 g/mol. The SMILES string of the molecule is CN(c1ccccc1)[Si](C)(C)O[SiH](C)C. The fourth-order valence-electron chi connectivity index (χ4n) is 1.62. The summed E-state index contributed by atoms with van der Waals surface area (Å²) in [6.07, 6.45) is 0. The highest BCUT2D eigenvalue weighted by Gasteiger charge is 2.29. The molecule has 0 heterocycles. The van der Waals surface area contributed by atoms with Crippen molar-refractivity contribution in [2.75, 3.05) is 11.6 Å². The van der Waals surface area contributed by atoms with Gasteiger partial charge in [-0.3, -0.25) is 0 Å². The van der Waals surface area contributed by atoms with E-state index in [0.29, 0.717) is 0 Å². The van der Waals surface area contributed by atoms with Gasteiger partial charge in [-0.2, -0.15) is 0 Å². The Bertz CT molecular complexity index is 301. The molecule has 0 N–H and O–H groups in total. The maximum absolute atomic E-state index is 6.16. The van der Waals surface area contributed by atoms with Crippen LogP contribution in [0.4, 0.5) is 5.69 Å². The second kappa shape index (κ2) is 4.96. The lowest BCUT2D eigenvalue weighted by Crippen LogP contribution is -2.51.